The van der Waals surface area contributed by atoms with Crippen LogP contribution in [-0.4, -0.2) is 16.2 Å². The summed E-state index contributed by atoms with van der Waals surface area (Å²) >= 11 is 0. The molecule has 0 spiro atoms. The van der Waals surface area contributed by atoms with Crippen LogP contribution < -0.4 is 4.74 Å². The van der Waals surface area contributed by atoms with Gasteiger partial charge in [-0.15, -0.1) is 0 Å². The van der Waals surface area contributed by atoms with Crippen LogP contribution in [0.5, 0.6) is 5.75 Å². The van der Waals surface area contributed by atoms with E-state index in [1.807, 2.05) is 30.3 Å². The second-order valence-corrected chi connectivity index (χ2v) is 7.51. The largest absolute Gasteiger partial charge is 0.494 e. The van der Waals surface area contributed by atoms with Crippen molar-refractivity contribution in [1.82, 2.24) is 9.55 Å². The summed E-state index contributed by atoms with van der Waals surface area (Å²) in [4.78, 5) is 4.78. The fourth-order valence-electron chi connectivity index (χ4n) is 3.48. The van der Waals surface area contributed by atoms with E-state index in [0.717, 1.165) is 41.1 Å². The van der Waals surface area contributed by atoms with E-state index in [-0.39, 0.29) is 5.82 Å². The molecule has 0 bridgehead atoms. The van der Waals surface area contributed by atoms with E-state index < -0.39 is 0 Å². The SMILES string of the molecule is CC(C)c1ccc(OCCCn2c(-c3ccc(F)cc3)nc3ccccc32)cc1. The molecule has 148 valence electrons. The van der Waals surface area contributed by atoms with Crippen LogP contribution in [0.25, 0.3) is 22.4 Å². The van der Waals surface area contributed by atoms with E-state index in [1.165, 1.54) is 17.7 Å². The van der Waals surface area contributed by atoms with Gasteiger partial charge in [-0.2, -0.15) is 0 Å². The molecule has 0 aliphatic rings. The summed E-state index contributed by atoms with van der Waals surface area (Å²) in [6.45, 7) is 5.77. The normalized spacial score (nSPS) is 11.3. The minimum Gasteiger partial charge on any atom is -0.494 e. The fraction of sp³-hybridized carbons (Fsp3) is 0.240. The number of imidazole rings is 1. The number of halogens is 1. The highest BCUT2D eigenvalue weighted by Gasteiger charge is 2.12. The van der Waals surface area contributed by atoms with Crippen LogP contribution in [0.15, 0.2) is 72.8 Å². The van der Waals surface area contributed by atoms with Gasteiger partial charge in [0.2, 0.25) is 0 Å². The average molecular weight is 388 g/mol. The summed E-state index contributed by atoms with van der Waals surface area (Å²) in [6, 6.07) is 22.9. The van der Waals surface area contributed by atoms with Crippen LogP contribution in [-0.2, 0) is 6.54 Å². The fourth-order valence-corrected chi connectivity index (χ4v) is 3.48. The lowest BCUT2D eigenvalue weighted by atomic mass is 10.0. The number of nitrogens with zero attached hydrogens (tertiary/aromatic N) is 2. The summed E-state index contributed by atoms with van der Waals surface area (Å²) in [5, 5.41) is 0. The Morgan fingerprint density at radius 1 is 0.931 bits per heavy atom. The van der Waals surface area contributed by atoms with E-state index in [9.17, 15) is 4.39 Å². The molecule has 0 radical (unpaired) electrons. The van der Waals surface area contributed by atoms with Crippen molar-refractivity contribution in [3.05, 3.63) is 84.2 Å². The lowest BCUT2D eigenvalue weighted by molar-refractivity contribution is 0.303. The molecule has 0 aliphatic heterocycles. The summed E-state index contributed by atoms with van der Waals surface area (Å²) in [7, 11) is 0. The van der Waals surface area contributed by atoms with Crippen LogP contribution >= 0.6 is 0 Å². The number of fused-ring (bicyclic) bond motifs is 1. The van der Waals surface area contributed by atoms with Crippen molar-refractivity contribution in [2.75, 3.05) is 6.61 Å². The van der Waals surface area contributed by atoms with Gasteiger partial charge in [-0.3, -0.25) is 0 Å². The number of ether oxygens (including phenoxy) is 1. The molecule has 3 nitrogen and oxygen atoms in total. The summed E-state index contributed by atoms with van der Waals surface area (Å²) in [5.41, 5.74) is 4.24. The Labute approximate surface area is 170 Å². The minimum atomic E-state index is -0.242. The van der Waals surface area contributed by atoms with Gasteiger partial charge in [0.1, 0.15) is 17.4 Å². The molecule has 0 fully saturated rings. The van der Waals surface area contributed by atoms with Crippen molar-refractivity contribution < 1.29 is 9.13 Å². The van der Waals surface area contributed by atoms with E-state index in [1.54, 1.807) is 12.1 Å². The van der Waals surface area contributed by atoms with Crippen LogP contribution in [0, 0.1) is 5.82 Å². The zero-order valence-corrected chi connectivity index (χ0v) is 16.8. The summed E-state index contributed by atoms with van der Waals surface area (Å²) in [6.07, 6.45) is 0.848. The molecule has 4 rings (SSSR count). The number of hydrogen-bond acceptors (Lipinski definition) is 2. The molecule has 4 heteroatoms. The number of hydrogen-bond donors (Lipinski definition) is 0. The first-order valence-corrected chi connectivity index (χ1v) is 10.1. The summed E-state index contributed by atoms with van der Waals surface area (Å²) in [5.74, 6) is 2.02. The Morgan fingerprint density at radius 2 is 1.66 bits per heavy atom. The molecule has 3 aromatic carbocycles. The quantitative estimate of drug-likeness (QED) is 0.341. The zero-order chi connectivity index (χ0) is 20.2. The lowest BCUT2D eigenvalue weighted by Crippen LogP contribution is -2.06. The summed E-state index contributed by atoms with van der Waals surface area (Å²) < 4.78 is 21.5. The molecule has 0 N–H and O–H groups in total. The van der Waals surface area contributed by atoms with Crippen molar-refractivity contribution >= 4 is 11.0 Å². The van der Waals surface area contributed by atoms with Crippen molar-refractivity contribution in [3.63, 3.8) is 0 Å². The maximum absolute atomic E-state index is 13.3. The second kappa shape index (κ2) is 8.48. The molecule has 0 atom stereocenters. The first-order chi connectivity index (χ1) is 14.1. The van der Waals surface area contributed by atoms with E-state index >= 15 is 0 Å². The Balaban J connectivity index is 1.48. The maximum atomic E-state index is 13.3. The molecular formula is C25H25FN2O. The van der Waals surface area contributed by atoms with Crippen molar-refractivity contribution in [2.24, 2.45) is 0 Å². The minimum absolute atomic E-state index is 0.242. The highest BCUT2D eigenvalue weighted by atomic mass is 19.1. The topological polar surface area (TPSA) is 27.1 Å². The number of benzene rings is 3. The third-order valence-electron chi connectivity index (χ3n) is 5.10. The zero-order valence-electron chi connectivity index (χ0n) is 16.8. The first-order valence-electron chi connectivity index (χ1n) is 10.1. The number of aryl methyl sites for hydroxylation is 1. The predicted molar refractivity (Wildman–Crippen MR) is 116 cm³/mol. The molecule has 1 aromatic heterocycles. The lowest BCUT2D eigenvalue weighted by Gasteiger charge is -2.11. The van der Waals surface area contributed by atoms with Crippen molar-refractivity contribution in [3.8, 4) is 17.1 Å². The van der Waals surface area contributed by atoms with Gasteiger partial charge in [-0.1, -0.05) is 38.1 Å². The van der Waals surface area contributed by atoms with Crippen LogP contribution in [0.3, 0.4) is 0 Å². The molecule has 4 aromatic rings. The Kier molecular flexibility index (Phi) is 5.61. The predicted octanol–water partition coefficient (Wildman–Crippen LogP) is 6.43. The third-order valence-corrected chi connectivity index (χ3v) is 5.10. The van der Waals surface area contributed by atoms with Gasteiger partial charge >= 0.3 is 0 Å². The maximum Gasteiger partial charge on any atom is 0.141 e. The van der Waals surface area contributed by atoms with Gasteiger partial charge in [0.05, 0.1) is 17.6 Å². The molecule has 1 heterocycles. The van der Waals surface area contributed by atoms with E-state index in [4.69, 9.17) is 9.72 Å². The Morgan fingerprint density at radius 3 is 2.38 bits per heavy atom. The standard InChI is InChI=1S/C25H25FN2O/c1-18(2)19-10-14-22(15-11-19)29-17-5-16-28-24-7-4-3-6-23(24)27-25(28)20-8-12-21(26)13-9-20/h3-4,6-15,18H,5,16-17H2,1-2H3. The highest BCUT2D eigenvalue weighted by molar-refractivity contribution is 5.80. The van der Waals surface area contributed by atoms with Crippen LogP contribution in [0.4, 0.5) is 4.39 Å². The van der Waals surface area contributed by atoms with Crippen LogP contribution in [0.1, 0.15) is 31.7 Å². The van der Waals surface area contributed by atoms with Gasteiger partial charge in [-0.25, -0.2) is 9.37 Å². The Bertz CT molecular complexity index is 1080. The van der Waals surface area contributed by atoms with Gasteiger partial charge < -0.3 is 9.30 Å². The molecular weight excluding hydrogens is 363 g/mol. The number of rotatable bonds is 7. The van der Waals surface area contributed by atoms with E-state index in [2.05, 4.69) is 36.6 Å². The molecule has 0 aliphatic carbocycles. The van der Waals surface area contributed by atoms with Gasteiger partial charge in [-0.05, 0) is 66.4 Å². The highest BCUT2D eigenvalue weighted by Crippen LogP contribution is 2.25. The molecule has 0 amide bonds. The molecule has 29 heavy (non-hydrogen) atoms. The van der Waals surface area contributed by atoms with Gasteiger partial charge in [0.15, 0.2) is 0 Å². The van der Waals surface area contributed by atoms with Gasteiger partial charge in [0.25, 0.3) is 0 Å². The first kappa shape index (κ1) is 19.2. The molecule has 0 unspecified atom stereocenters. The van der Waals surface area contributed by atoms with Crippen molar-refractivity contribution in [1.29, 1.82) is 0 Å². The molecule has 0 saturated carbocycles. The van der Waals surface area contributed by atoms with Crippen LogP contribution in [0.2, 0.25) is 0 Å². The Hall–Kier alpha value is -3.14. The molecule has 0 saturated heterocycles. The monoisotopic (exact) mass is 388 g/mol. The van der Waals surface area contributed by atoms with E-state index in [0.29, 0.717) is 12.5 Å². The number of para-hydroxylation sites is 2. The van der Waals surface area contributed by atoms with Gasteiger partial charge in [0, 0.05) is 12.1 Å². The van der Waals surface area contributed by atoms with Crippen molar-refractivity contribution in [2.45, 2.75) is 32.7 Å². The average Bonchev–Trinajstić information content (AvgIpc) is 3.10. The second-order valence-electron chi connectivity index (χ2n) is 7.51. The number of aromatic nitrogens is 2. The smallest absolute Gasteiger partial charge is 0.141 e. The third kappa shape index (κ3) is 4.32.